The van der Waals surface area contributed by atoms with Gasteiger partial charge in [-0.15, -0.1) is 0 Å². The van der Waals surface area contributed by atoms with Crippen LogP contribution in [0.5, 0.6) is 5.75 Å². The van der Waals surface area contributed by atoms with Crippen molar-refractivity contribution in [2.24, 2.45) is 0 Å². The van der Waals surface area contributed by atoms with Gasteiger partial charge >= 0.3 is 0 Å². The number of benzene rings is 1. The summed E-state index contributed by atoms with van der Waals surface area (Å²) in [6.45, 7) is 2.57. The maximum absolute atomic E-state index is 12.1. The third-order valence-electron chi connectivity index (χ3n) is 4.25. The van der Waals surface area contributed by atoms with Crippen molar-refractivity contribution in [1.82, 2.24) is 5.32 Å². The van der Waals surface area contributed by atoms with E-state index in [0.29, 0.717) is 12.6 Å². The van der Waals surface area contributed by atoms with E-state index in [2.05, 4.69) is 10.6 Å². The average Bonchev–Trinajstić information content (AvgIpc) is 2.54. The molecule has 2 rings (SSSR count). The van der Waals surface area contributed by atoms with Crippen LogP contribution in [0, 0.1) is 0 Å². The lowest BCUT2D eigenvalue weighted by atomic mass is 9.95. The van der Waals surface area contributed by atoms with Crippen LogP contribution < -0.4 is 15.4 Å². The molecule has 1 fully saturated rings. The highest BCUT2D eigenvalue weighted by Crippen LogP contribution is 2.14. The second-order valence-corrected chi connectivity index (χ2v) is 5.95. The van der Waals surface area contributed by atoms with E-state index in [1.165, 1.54) is 32.1 Å². The fourth-order valence-electron chi connectivity index (χ4n) is 2.92. The number of carbonyl (C=O) groups is 1. The Kier molecular flexibility index (Phi) is 6.05. The normalized spacial score (nSPS) is 17.2. The van der Waals surface area contributed by atoms with E-state index < -0.39 is 0 Å². The van der Waals surface area contributed by atoms with Gasteiger partial charge in [-0.05, 0) is 50.3 Å². The zero-order valence-corrected chi connectivity index (χ0v) is 13.1. The first-order chi connectivity index (χ1) is 10.2. The molecular weight excluding hydrogens is 264 g/mol. The third kappa shape index (κ3) is 5.05. The van der Waals surface area contributed by atoms with E-state index in [9.17, 15) is 4.79 Å². The van der Waals surface area contributed by atoms with E-state index in [1.807, 2.05) is 31.2 Å². The van der Waals surface area contributed by atoms with Crippen LogP contribution in [0.15, 0.2) is 24.3 Å². The molecule has 1 saturated carbocycles. The maximum atomic E-state index is 12.1. The first-order valence-electron chi connectivity index (χ1n) is 7.94. The number of methoxy groups -OCH3 is 1. The van der Waals surface area contributed by atoms with Crippen molar-refractivity contribution >= 4 is 5.91 Å². The van der Waals surface area contributed by atoms with Crippen LogP contribution in [0.3, 0.4) is 0 Å². The summed E-state index contributed by atoms with van der Waals surface area (Å²) in [6, 6.07) is 8.41. The molecule has 1 aromatic rings. The molecule has 0 heterocycles. The Morgan fingerprint density at radius 1 is 1.29 bits per heavy atom. The molecule has 1 aromatic carbocycles. The first kappa shape index (κ1) is 15.8. The Morgan fingerprint density at radius 2 is 1.95 bits per heavy atom. The Morgan fingerprint density at radius 3 is 2.57 bits per heavy atom. The molecule has 21 heavy (non-hydrogen) atoms. The number of rotatable bonds is 6. The summed E-state index contributed by atoms with van der Waals surface area (Å²) in [6.07, 6.45) is 6.46. The summed E-state index contributed by atoms with van der Waals surface area (Å²) < 4.78 is 5.13. The van der Waals surface area contributed by atoms with E-state index in [-0.39, 0.29) is 11.9 Å². The van der Waals surface area contributed by atoms with Gasteiger partial charge in [0.25, 0.3) is 5.91 Å². The lowest BCUT2D eigenvalue weighted by Crippen LogP contribution is -2.96. The van der Waals surface area contributed by atoms with Crippen LogP contribution >= 0.6 is 0 Å². The van der Waals surface area contributed by atoms with Gasteiger partial charge in [0.1, 0.15) is 5.75 Å². The molecule has 1 aliphatic carbocycles. The van der Waals surface area contributed by atoms with Gasteiger partial charge in [0.15, 0.2) is 6.04 Å². The second kappa shape index (κ2) is 8.03. The molecule has 1 aliphatic rings. The van der Waals surface area contributed by atoms with Gasteiger partial charge in [-0.1, -0.05) is 18.6 Å². The van der Waals surface area contributed by atoms with Gasteiger partial charge < -0.3 is 15.4 Å². The minimum atomic E-state index is -0.00801. The molecule has 0 aromatic heterocycles. The smallest absolute Gasteiger partial charge is 0.278 e. The third-order valence-corrected chi connectivity index (χ3v) is 4.25. The SMILES string of the molecule is COc1ccc(CNC(=O)[C@H](C)[NH2+]C2CCCCC2)cc1. The summed E-state index contributed by atoms with van der Waals surface area (Å²) in [7, 11) is 1.65. The number of amides is 1. The van der Waals surface area contributed by atoms with Crippen molar-refractivity contribution in [3.8, 4) is 5.75 Å². The molecule has 0 bridgehead atoms. The molecule has 0 unspecified atom stereocenters. The van der Waals surface area contributed by atoms with Crippen LogP contribution in [0.2, 0.25) is 0 Å². The van der Waals surface area contributed by atoms with Gasteiger partial charge in [0, 0.05) is 6.54 Å². The number of hydrogen-bond donors (Lipinski definition) is 2. The Balaban J connectivity index is 1.74. The minimum absolute atomic E-state index is 0.00801. The molecule has 0 spiro atoms. The molecule has 4 nitrogen and oxygen atoms in total. The van der Waals surface area contributed by atoms with Crippen molar-refractivity contribution in [2.75, 3.05) is 7.11 Å². The molecule has 4 heteroatoms. The summed E-state index contributed by atoms with van der Waals surface area (Å²) >= 11 is 0. The molecule has 116 valence electrons. The molecular formula is C17H27N2O2+. The fraction of sp³-hybridized carbons (Fsp3) is 0.588. The number of hydrogen-bond acceptors (Lipinski definition) is 2. The number of nitrogens with one attached hydrogen (secondary N) is 1. The molecule has 0 aliphatic heterocycles. The van der Waals surface area contributed by atoms with Gasteiger partial charge in [-0.25, -0.2) is 0 Å². The van der Waals surface area contributed by atoms with Crippen LogP contribution in [0.4, 0.5) is 0 Å². The molecule has 0 radical (unpaired) electrons. The number of quaternary nitrogens is 1. The average molecular weight is 291 g/mol. The summed E-state index contributed by atoms with van der Waals surface area (Å²) in [5.74, 6) is 0.959. The minimum Gasteiger partial charge on any atom is -0.497 e. The monoisotopic (exact) mass is 291 g/mol. The van der Waals surface area contributed by atoms with Crippen LogP contribution in [0.25, 0.3) is 0 Å². The van der Waals surface area contributed by atoms with Crippen molar-refractivity contribution in [1.29, 1.82) is 0 Å². The lowest BCUT2D eigenvalue weighted by Gasteiger charge is -2.23. The van der Waals surface area contributed by atoms with Gasteiger partial charge in [0.2, 0.25) is 0 Å². The van der Waals surface area contributed by atoms with Crippen molar-refractivity contribution < 1.29 is 14.8 Å². The highest BCUT2D eigenvalue weighted by molar-refractivity contribution is 5.79. The van der Waals surface area contributed by atoms with Crippen molar-refractivity contribution in [3.63, 3.8) is 0 Å². The van der Waals surface area contributed by atoms with Crippen LogP contribution in [-0.2, 0) is 11.3 Å². The highest BCUT2D eigenvalue weighted by Gasteiger charge is 2.23. The zero-order valence-electron chi connectivity index (χ0n) is 13.1. The van der Waals surface area contributed by atoms with E-state index in [0.717, 1.165) is 11.3 Å². The molecule has 0 saturated heterocycles. The number of carbonyl (C=O) groups excluding carboxylic acids is 1. The van der Waals surface area contributed by atoms with Crippen LogP contribution in [-0.4, -0.2) is 25.1 Å². The Labute approximate surface area is 127 Å². The largest absolute Gasteiger partial charge is 0.497 e. The number of ether oxygens (including phenoxy) is 1. The zero-order chi connectivity index (χ0) is 15.1. The standard InChI is InChI=1S/C17H26N2O2/c1-13(19-15-6-4-3-5-7-15)17(20)18-12-14-8-10-16(21-2)11-9-14/h8-11,13,15,19H,3-7,12H2,1-2H3,(H,18,20)/p+1/t13-/m0/s1. The molecule has 1 amide bonds. The summed E-state index contributed by atoms with van der Waals surface area (Å²) in [4.78, 5) is 12.1. The van der Waals surface area contributed by atoms with Crippen LogP contribution in [0.1, 0.15) is 44.6 Å². The fourth-order valence-corrected chi connectivity index (χ4v) is 2.92. The van der Waals surface area contributed by atoms with Gasteiger partial charge in [0.05, 0.1) is 13.2 Å². The summed E-state index contributed by atoms with van der Waals surface area (Å²) in [5, 5.41) is 5.25. The lowest BCUT2D eigenvalue weighted by molar-refractivity contribution is -0.709. The topological polar surface area (TPSA) is 54.9 Å². The predicted molar refractivity (Wildman–Crippen MR) is 83.1 cm³/mol. The first-order valence-corrected chi connectivity index (χ1v) is 7.94. The summed E-state index contributed by atoms with van der Waals surface area (Å²) in [5.41, 5.74) is 1.09. The van der Waals surface area contributed by atoms with E-state index >= 15 is 0 Å². The molecule has 3 N–H and O–H groups in total. The second-order valence-electron chi connectivity index (χ2n) is 5.95. The van der Waals surface area contributed by atoms with Gasteiger partial charge in [-0.2, -0.15) is 0 Å². The predicted octanol–water partition coefficient (Wildman–Crippen LogP) is 1.60. The quantitative estimate of drug-likeness (QED) is 0.836. The van der Waals surface area contributed by atoms with E-state index in [1.54, 1.807) is 7.11 Å². The number of nitrogens with two attached hydrogens (primary N) is 1. The maximum Gasteiger partial charge on any atom is 0.278 e. The highest BCUT2D eigenvalue weighted by atomic mass is 16.5. The van der Waals surface area contributed by atoms with Crippen molar-refractivity contribution in [2.45, 2.75) is 57.7 Å². The molecule has 1 atom stereocenters. The van der Waals surface area contributed by atoms with E-state index in [4.69, 9.17) is 4.74 Å². The van der Waals surface area contributed by atoms with Gasteiger partial charge in [-0.3, -0.25) is 4.79 Å². The van der Waals surface area contributed by atoms with Crippen molar-refractivity contribution in [3.05, 3.63) is 29.8 Å². The Hall–Kier alpha value is -1.55. The Bertz CT molecular complexity index is 439.